The molecule has 0 aromatic heterocycles. The number of carbonyl (C=O) groups excluding carboxylic acids is 1. The van der Waals surface area contributed by atoms with Crippen molar-refractivity contribution >= 4 is 11.6 Å². The van der Waals surface area contributed by atoms with Crippen molar-refractivity contribution in [1.29, 1.82) is 0 Å². The summed E-state index contributed by atoms with van der Waals surface area (Å²) < 4.78 is 0. The number of carbonyl (C=O) groups is 1. The molecule has 4 nitrogen and oxygen atoms in total. The zero-order valence-corrected chi connectivity index (χ0v) is 15.3. The molecule has 4 rings (SSSR count). The zero-order valence-electron chi connectivity index (χ0n) is 15.3. The van der Waals surface area contributed by atoms with Gasteiger partial charge in [-0.15, -0.1) is 0 Å². The number of quaternary nitrogens is 1. The van der Waals surface area contributed by atoms with Crippen molar-refractivity contribution in [3.8, 4) is 0 Å². The minimum Gasteiger partial charge on any atom is -0.360 e. The average molecular weight is 350 g/mol. The minimum absolute atomic E-state index is 0.190. The van der Waals surface area contributed by atoms with E-state index in [2.05, 4.69) is 64.8 Å². The first kappa shape index (κ1) is 17.1. The Morgan fingerprint density at radius 2 is 1.77 bits per heavy atom. The molecule has 1 aliphatic heterocycles. The van der Waals surface area contributed by atoms with Gasteiger partial charge in [-0.2, -0.15) is 0 Å². The predicted octanol–water partition coefficient (Wildman–Crippen LogP) is 1.59. The molecule has 2 aliphatic rings. The number of hydrogen-bond acceptors (Lipinski definition) is 2. The summed E-state index contributed by atoms with van der Waals surface area (Å²) >= 11 is 0. The molecule has 136 valence electrons. The highest BCUT2D eigenvalue weighted by Gasteiger charge is 2.25. The van der Waals surface area contributed by atoms with Crippen molar-refractivity contribution in [3.63, 3.8) is 0 Å². The Labute approximate surface area is 155 Å². The van der Waals surface area contributed by atoms with Crippen LogP contribution in [0.25, 0.3) is 0 Å². The second kappa shape index (κ2) is 7.92. The Morgan fingerprint density at radius 1 is 1.04 bits per heavy atom. The molecular formula is C22H28N3O+. The molecular weight excluding hydrogens is 322 g/mol. The number of fused-ring (bicyclic) bond motifs is 1. The lowest BCUT2D eigenvalue weighted by Crippen LogP contribution is -3.16. The van der Waals surface area contributed by atoms with E-state index < -0.39 is 0 Å². The molecule has 0 unspecified atom stereocenters. The Morgan fingerprint density at radius 3 is 2.58 bits per heavy atom. The van der Waals surface area contributed by atoms with E-state index in [-0.39, 0.29) is 11.9 Å². The van der Waals surface area contributed by atoms with Gasteiger partial charge in [-0.3, -0.25) is 4.79 Å². The van der Waals surface area contributed by atoms with Crippen molar-refractivity contribution in [2.45, 2.75) is 25.3 Å². The molecule has 4 heteroatoms. The van der Waals surface area contributed by atoms with E-state index in [0.717, 1.165) is 45.4 Å². The van der Waals surface area contributed by atoms with Gasteiger partial charge in [0.15, 0.2) is 6.54 Å². The summed E-state index contributed by atoms with van der Waals surface area (Å²) in [5.74, 6) is 0.190. The first-order chi connectivity index (χ1) is 12.8. The van der Waals surface area contributed by atoms with Crippen LogP contribution >= 0.6 is 0 Å². The zero-order chi connectivity index (χ0) is 17.8. The van der Waals surface area contributed by atoms with Gasteiger partial charge >= 0.3 is 0 Å². The Balaban J connectivity index is 1.29. The predicted molar refractivity (Wildman–Crippen MR) is 104 cm³/mol. The van der Waals surface area contributed by atoms with Gasteiger partial charge in [0.2, 0.25) is 0 Å². The Bertz CT molecular complexity index is 738. The number of rotatable bonds is 4. The lowest BCUT2D eigenvalue weighted by Gasteiger charge is -2.34. The number of nitrogens with zero attached hydrogens (tertiary/aromatic N) is 1. The van der Waals surface area contributed by atoms with Crippen LogP contribution in [0.1, 0.15) is 30.0 Å². The van der Waals surface area contributed by atoms with Crippen molar-refractivity contribution in [3.05, 3.63) is 65.7 Å². The monoisotopic (exact) mass is 350 g/mol. The molecule has 26 heavy (non-hydrogen) atoms. The van der Waals surface area contributed by atoms with Crippen LogP contribution in [-0.2, 0) is 11.2 Å². The van der Waals surface area contributed by atoms with E-state index in [4.69, 9.17) is 0 Å². The number of anilines is 1. The smallest absolute Gasteiger partial charge is 0.275 e. The van der Waals surface area contributed by atoms with E-state index in [0.29, 0.717) is 6.54 Å². The van der Waals surface area contributed by atoms with Crippen LogP contribution in [0, 0.1) is 0 Å². The molecule has 0 spiro atoms. The second-order valence-corrected chi connectivity index (χ2v) is 7.46. The molecule has 1 aliphatic carbocycles. The summed E-state index contributed by atoms with van der Waals surface area (Å²) in [6.07, 6.45) is 3.35. The summed E-state index contributed by atoms with van der Waals surface area (Å²) in [6, 6.07) is 19.3. The molecule has 1 atom stereocenters. The maximum atomic E-state index is 12.6. The van der Waals surface area contributed by atoms with Gasteiger partial charge in [-0.25, -0.2) is 0 Å². The highest BCUT2D eigenvalue weighted by Crippen LogP contribution is 2.29. The van der Waals surface area contributed by atoms with Gasteiger partial charge in [0, 0.05) is 5.69 Å². The number of aryl methyl sites for hydroxylation is 1. The number of para-hydroxylation sites is 1. The molecule has 1 fully saturated rings. The molecule has 1 saturated heterocycles. The van der Waals surface area contributed by atoms with Gasteiger partial charge in [0.05, 0.1) is 32.2 Å². The Kier molecular flexibility index (Phi) is 5.21. The third-order valence-electron chi connectivity index (χ3n) is 5.71. The average Bonchev–Trinajstić information content (AvgIpc) is 2.69. The van der Waals surface area contributed by atoms with Gasteiger partial charge in [0.25, 0.3) is 5.91 Å². The van der Waals surface area contributed by atoms with E-state index in [1.165, 1.54) is 21.7 Å². The molecule has 0 radical (unpaired) electrons. The fraction of sp³-hybridized carbons (Fsp3) is 0.409. The van der Waals surface area contributed by atoms with Crippen LogP contribution in [-0.4, -0.2) is 38.6 Å². The van der Waals surface area contributed by atoms with Gasteiger partial charge in [-0.1, -0.05) is 42.5 Å². The number of nitrogens with one attached hydrogen (secondary N) is 2. The summed E-state index contributed by atoms with van der Waals surface area (Å²) in [7, 11) is 0. The molecule has 2 aromatic rings. The number of benzene rings is 2. The van der Waals surface area contributed by atoms with Crippen molar-refractivity contribution in [1.82, 2.24) is 5.32 Å². The molecule has 0 saturated carbocycles. The molecule has 2 N–H and O–H groups in total. The van der Waals surface area contributed by atoms with Crippen LogP contribution in [0.5, 0.6) is 0 Å². The van der Waals surface area contributed by atoms with Gasteiger partial charge < -0.3 is 15.1 Å². The van der Waals surface area contributed by atoms with Gasteiger partial charge in [-0.05, 0) is 42.5 Å². The number of piperazine rings is 1. The van der Waals surface area contributed by atoms with Crippen LogP contribution in [0.2, 0.25) is 0 Å². The molecule has 2 aromatic carbocycles. The maximum absolute atomic E-state index is 12.6. The summed E-state index contributed by atoms with van der Waals surface area (Å²) in [6.45, 7) is 4.65. The third-order valence-corrected chi connectivity index (χ3v) is 5.71. The Hall–Kier alpha value is -2.33. The highest BCUT2D eigenvalue weighted by atomic mass is 16.2. The number of amides is 1. The second-order valence-electron chi connectivity index (χ2n) is 7.46. The van der Waals surface area contributed by atoms with Gasteiger partial charge in [0.1, 0.15) is 0 Å². The van der Waals surface area contributed by atoms with E-state index in [9.17, 15) is 4.79 Å². The van der Waals surface area contributed by atoms with Crippen LogP contribution in [0.4, 0.5) is 5.69 Å². The van der Waals surface area contributed by atoms with E-state index in [1.54, 1.807) is 0 Å². The van der Waals surface area contributed by atoms with Crippen molar-refractivity contribution in [2.24, 2.45) is 0 Å². The highest BCUT2D eigenvalue weighted by molar-refractivity contribution is 5.77. The maximum Gasteiger partial charge on any atom is 0.275 e. The largest absolute Gasteiger partial charge is 0.360 e. The van der Waals surface area contributed by atoms with Crippen LogP contribution < -0.4 is 15.1 Å². The standard InChI is InChI=1S/C22H27N3O/c26-22(23-21-12-6-8-18-7-4-5-11-20(18)21)17-24-13-15-25(16-14-24)19-9-2-1-3-10-19/h1-5,7,9-11,21H,6,8,12-17H2,(H,23,26)/p+1/t21-/m0/s1. The van der Waals surface area contributed by atoms with E-state index >= 15 is 0 Å². The minimum atomic E-state index is 0.190. The molecule has 0 bridgehead atoms. The normalized spacial score (nSPS) is 20.5. The topological polar surface area (TPSA) is 36.8 Å². The fourth-order valence-corrected chi connectivity index (χ4v) is 4.27. The summed E-state index contributed by atoms with van der Waals surface area (Å²) in [4.78, 5) is 16.4. The van der Waals surface area contributed by atoms with Crippen LogP contribution in [0.15, 0.2) is 54.6 Å². The molecule has 1 amide bonds. The van der Waals surface area contributed by atoms with Crippen molar-refractivity contribution < 1.29 is 9.69 Å². The third kappa shape index (κ3) is 3.91. The summed E-state index contributed by atoms with van der Waals surface area (Å²) in [5.41, 5.74) is 4.00. The van der Waals surface area contributed by atoms with Crippen LogP contribution in [0.3, 0.4) is 0 Å². The first-order valence-corrected chi connectivity index (χ1v) is 9.80. The SMILES string of the molecule is O=C(C[NH+]1CCN(c2ccccc2)CC1)N[C@H]1CCCc2ccccc21. The lowest BCUT2D eigenvalue weighted by atomic mass is 9.88. The molecule has 1 heterocycles. The van der Waals surface area contributed by atoms with Crippen molar-refractivity contribution in [2.75, 3.05) is 37.6 Å². The first-order valence-electron chi connectivity index (χ1n) is 9.80. The fourth-order valence-electron chi connectivity index (χ4n) is 4.27. The quantitative estimate of drug-likeness (QED) is 0.879. The number of hydrogen-bond donors (Lipinski definition) is 2. The summed E-state index contributed by atoms with van der Waals surface area (Å²) in [5, 5.41) is 3.29. The van der Waals surface area contributed by atoms with E-state index in [1.807, 2.05) is 0 Å². The lowest BCUT2D eigenvalue weighted by molar-refractivity contribution is -0.892.